The number of hydrogen-bond acceptors (Lipinski definition) is 3. The number of aromatic amines is 1. The Bertz CT molecular complexity index is 906. The number of anilines is 1. The fourth-order valence-corrected chi connectivity index (χ4v) is 4.05. The summed E-state index contributed by atoms with van der Waals surface area (Å²) in [5.74, 6) is 0. The molecule has 0 saturated carbocycles. The number of H-pyrrole nitrogens is 1. The molecule has 0 spiro atoms. The smallest absolute Gasteiger partial charge is 0.317 e. The molecule has 7 heteroatoms. The van der Waals surface area contributed by atoms with Gasteiger partial charge in [-0.3, -0.25) is 5.10 Å². The zero-order valence-corrected chi connectivity index (χ0v) is 15.2. The Hall–Kier alpha value is -2.31. The number of benzene rings is 1. The first-order valence-electron chi connectivity index (χ1n) is 8.05. The van der Waals surface area contributed by atoms with Crippen LogP contribution in [0.15, 0.2) is 41.8 Å². The van der Waals surface area contributed by atoms with E-state index in [1.165, 1.54) is 0 Å². The second kappa shape index (κ2) is 6.54. The largest absolute Gasteiger partial charge is 0.322 e. The third-order valence-electron chi connectivity index (χ3n) is 4.40. The van der Waals surface area contributed by atoms with Crippen molar-refractivity contribution < 1.29 is 4.79 Å². The predicted octanol–water partition coefficient (Wildman–Crippen LogP) is 4.77. The average Bonchev–Trinajstić information content (AvgIpc) is 3.22. The van der Waals surface area contributed by atoms with Crippen LogP contribution >= 0.6 is 22.9 Å². The number of fused-ring (bicyclic) bond motifs is 1. The molecule has 1 aliphatic rings. The van der Waals surface area contributed by atoms with E-state index < -0.39 is 0 Å². The summed E-state index contributed by atoms with van der Waals surface area (Å²) in [6.45, 7) is 2.58. The Balaban J connectivity index is 1.58. The van der Waals surface area contributed by atoms with Gasteiger partial charge in [-0.15, -0.1) is 11.3 Å². The monoisotopic (exact) mass is 372 g/mol. The maximum Gasteiger partial charge on any atom is 0.322 e. The van der Waals surface area contributed by atoms with Crippen LogP contribution in [0.4, 0.5) is 10.5 Å². The highest BCUT2D eigenvalue weighted by molar-refractivity contribution is 7.13. The van der Waals surface area contributed by atoms with Crippen molar-refractivity contribution in [2.45, 2.75) is 25.9 Å². The van der Waals surface area contributed by atoms with Crippen LogP contribution in [0.25, 0.3) is 10.6 Å². The number of halogens is 1. The minimum atomic E-state index is -0.126. The number of carbonyl (C=O) groups excluding carboxylic acids is 1. The van der Waals surface area contributed by atoms with Gasteiger partial charge < -0.3 is 10.2 Å². The molecule has 1 atom stereocenters. The summed E-state index contributed by atoms with van der Waals surface area (Å²) >= 11 is 7.65. The Morgan fingerprint density at radius 2 is 2.28 bits per heavy atom. The molecule has 2 amide bonds. The Morgan fingerprint density at radius 3 is 3.04 bits per heavy atom. The number of urea groups is 1. The maximum absolute atomic E-state index is 12.8. The van der Waals surface area contributed by atoms with Crippen LogP contribution in [0, 0.1) is 0 Å². The second-order valence-electron chi connectivity index (χ2n) is 6.13. The molecule has 0 fully saturated rings. The van der Waals surface area contributed by atoms with E-state index in [1.807, 2.05) is 35.4 Å². The van der Waals surface area contributed by atoms with Gasteiger partial charge in [0.2, 0.25) is 0 Å². The minimum absolute atomic E-state index is 0.0864. The van der Waals surface area contributed by atoms with Gasteiger partial charge in [0.1, 0.15) is 5.69 Å². The summed E-state index contributed by atoms with van der Waals surface area (Å²) in [5, 5.41) is 13.2. The first-order chi connectivity index (χ1) is 12.1. The maximum atomic E-state index is 12.8. The van der Waals surface area contributed by atoms with Crippen LogP contribution in [-0.4, -0.2) is 27.2 Å². The predicted molar refractivity (Wildman–Crippen MR) is 101 cm³/mol. The van der Waals surface area contributed by atoms with Gasteiger partial charge in [-0.2, -0.15) is 5.10 Å². The molecular formula is C18H17ClN4OS. The van der Waals surface area contributed by atoms with Crippen molar-refractivity contribution in [3.63, 3.8) is 0 Å². The first-order valence-corrected chi connectivity index (χ1v) is 9.31. The van der Waals surface area contributed by atoms with Gasteiger partial charge in [0.15, 0.2) is 0 Å². The van der Waals surface area contributed by atoms with Crippen LogP contribution < -0.4 is 5.32 Å². The second-order valence-corrected chi connectivity index (χ2v) is 7.51. The van der Waals surface area contributed by atoms with E-state index in [4.69, 9.17) is 11.6 Å². The van der Waals surface area contributed by atoms with Crippen LogP contribution in [0.1, 0.15) is 18.2 Å². The molecule has 2 aromatic heterocycles. The summed E-state index contributed by atoms with van der Waals surface area (Å²) in [7, 11) is 0. The highest BCUT2D eigenvalue weighted by atomic mass is 35.5. The van der Waals surface area contributed by atoms with E-state index in [9.17, 15) is 4.79 Å². The van der Waals surface area contributed by atoms with Gasteiger partial charge in [0.05, 0.1) is 11.4 Å². The molecule has 3 heterocycles. The highest BCUT2D eigenvalue weighted by Crippen LogP contribution is 2.33. The lowest BCUT2D eigenvalue weighted by Gasteiger charge is -2.33. The number of thiophene rings is 1. The van der Waals surface area contributed by atoms with Crippen molar-refractivity contribution in [3.8, 4) is 10.6 Å². The molecule has 2 N–H and O–H groups in total. The molecule has 0 radical (unpaired) electrons. The molecule has 5 nitrogen and oxygen atoms in total. The van der Waals surface area contributed by atoms with Crippen molar-refractivity contribution in [1.82, 2.24) is 15.1 Å². The lowest BCUT2D eigenvalue weighted by Crippen LogP contribution is -2.44. The molecule has 0 aliphatic carbocycles. The van der Waals surface area contributed by atoms with Crippen molar-refractivity contribution in [3.05, 3.63) is 58.1 Å². The summed E-state index contributed by atoms with van der Waals surface area (Å²) in [6.07, 6.45) is 0.761. The molecule has 4 rings (SSSR count). The summed E-state index contributed by atoms with van der Waals surface area (Å²) < 4.78 is 0. The fourth-order valence-electron chi connectivity index (χ4n) is 3.12. The third-order valence-corrected chi connectivity index (χ3v) is 5.52. The number of nitrogens with one attached hydrogen (secondary N) is 2. The average molecular weight is 373 g/mol. The van der Waals surface area contributed by atoms with Gasteiger partial charge in [-0.05, 0) is 36.6 Å². The minimum Gasteiger partial charge on any atom is -0.317 e. The van der Waals surface area contributed by atoms with Crippen LogP contribution in [0.2, 0.25) is 5.02 Å². The van der Waals surface area contributed by atoms with Gasteiger partial charge >= 0.3 is 6.03 Å². The topological polar surface area (TPSA) is 61.0 Å². The molecule has 0 unspecified atom stereocenters. The number of carbonyl (C=O) groups is 1. The zero-order chi connectivity index (χ0) is 17.4. The number of hydrogen-bond donors (Lipinski definition) is 2. The zero-order valence-electron chi connectivity index (χ0n) is 13.6. The van der Waals surface area contributed by atoms with E-state index in [-0.39, 0.29) is 12.1 Å². The molecular weight excluding hydrogens is 356 g/mol. The van der Waals surface area contributed by atoms with Crippen molar-refractivity contribution in [2.75, 3.05) is 5.32 Å². The fraction of sp³-hybridized carbons (Fsp3) is 0.222. The molecule has 128 valence electrons. The molecule has 0 saturated heterocycles. The molecule has 1 aromatic carbocycles. The third kappa shape index (κ3) is 3.15. The van der Waals surface area contributed by atoms with Crippen LogP contribution in [-0.2, 0) is 13.0 Å². The summed E-state index contributed by atoms with van der Waals surface area (Å²) in [6, 6.07) is 11.2. The molecule has 1 aliphatic heterocycles. The first kappa shape index (κ1) is 16.2. The standard InChI is InChI=1S/C18H17ClN4OS/c1-11-8-15-14(17(22-21-15)16-6-3-7-25-16)10-23(11)18(24)20-13-5-2-4-12(19)9-13/h2-7,9,11H,8,10H2,1H3,(H,20,24)(H,21,22)/t11-/m0/s1. The van der Waals surface area contributed by atoms with Gasteiger partial charge in [0.25, 0.3) is 0 Å². The van der Waals surface area contributed by atoms with Crippen molar-refractivity contribution in [2.24, 2.45) is 0 Å². The van der Waals surface area contributed by atoms with E-state index >= 15 is 0 Å². The van der Waals surface area contributed by atoms with Gasteiger partial charge in [-0.25, -0.2) is 4.79 Å². The quantitative estimate of drug-likeness (QED) is 0.680. The molecule has 0 bridgehead atoms. The van der Waals surface area contributed by atoms with Crippen molar-refractivity contribution in [1.29, 1.82) is 0 Å². The van der Waals surface area contributed by atoms with E-state index in [0.29, 0.717) is 17.3 Å². The van der Waals surface area contributed by atoms with E-state index in [2.05, 4.69) is 21.6 Å². The molecule has 25 heavy (non-hydrogen) atoms. The van der Waals surface area contributed by atoms with Crippen LogP contribution in [0.3, 0.4) is 0 Å². The number of aromatic nitrogens is 2. The van der Waals surface area contributed by atoms with Gasteiger partial charge in [-0.1, -0.05) is 23.7 Å². The summed E-state index contributed by atoms with van der Waals surface area (Å²) in [5.41, 5.74) is 3.85. The highest BCUT2D eigenvalue weighted by Gasteiger charge is 2.30. The summed E-state index contributed by atoms with van der Waals surface area (Å²) in [4.78, 5) is 15.7. The normalized spacial score (nSPS) is 16.6. The van der Waals surface area contributed by atoms with Gasteiger partial charge in [0, 0.05) is 34.4 Å². The Kier molecular flexibility index (Phi) is 4.23. The lowest BCUT2D eigenvalue weighted by molar-refractivity contribution is 0.182. The van der Waals surface area contributed by atoms with Crippen LogP contribution in [0.5, 0.6) is 0 Å². The van der Waals surface area contributed by atoms with E-state index in [1.54, 1.807) is 23.5 Å². The molecule has 3 aromatic rings. The Labute approximate surface area is 154 Å². The number of amides is 2. The number of rotatable bonds is 2. The lowest BCUT2D eigenvalue weighted by atomic mass is 9.99. The van der Waals surface area contributed by atoms with E-state index in [0.717, 1.165) is 28.2 Å². The Morgan fingerprint density at radius 1 is 1.40 bits per heavy atom. The SMILES string of the molecule is C[C@H]1Cc2[nH]nc(-c3cccs3)c2CN1C(=O)Nc1cccc(Cl)c1. The number of nitrogens with zero attached hydrogens (tertiary/aromatic N) is 2. The van der Waals surface area contributed by atoms with Crippen molar-refractivity contribution >= 4 is 34.7 Å².